The van der Waals surface area contributed by atoms with Crippen LogP contribution in [0, 0.1) is 0 Å². The molecule has 1 heterocycles. The molecule has 0 saturated carbocycles. The molecule has 1 aliphatic rings. The van der Waals surface area contributed by atoms with Crippen molar-refractivity contribution in [1.29, 1.82) is 0 Å². The van der Waals surface area contributed by atoms with E-state index in [4.69, 9.17) is 5.73 Å². The molecule has 1 aromatic carbocycles. The van der Waals surface area contributed by atoms with Gasteiger partial charge in [-0.2, -0.15) is 0 Å². The van der Waals surface area contributed by atoms with Gasteiger partial charge in [-0.15, -0.1) is 0 Å². The number of anilines is 1. The van der Waals surface area contributed by atoms with E-state index in [2.05, 4.69) is 53.0 Å². The summed E-state index contributed by atoms with van der Waals surface area (Å²) in [6, 6.07) is 6.51. The van der Waals surface area contributed by atoms with E-state index < -0.39 is 0 Å². The Hall–Kier alpha value is -0.955. The predicted molar refractivity (Wildman–Crippen MR) is 82.3 cm³/mol. The van der Waals surface area contributed by atoms with Crippen LogP contribution < -0.4 is 16.5 Å². The number of nitrogen functional groups attached to an aromatic ring is 1. The van der Waals surface area contributed by atoms with E-state index in [1.807, 2.05) is 6.07 Å². The van der Waals surface area contributed by atoms with Gasteiger partial charge < -0.3 is 11.1 Å². The molecule has 0 radical (unpaired) electrons. The summed E-state index contributed by atoms with van der Waals surface area (Å²) in [4.78, 5) is 0. The minimum atomic E-state index is 0.196. The van der Waals surface area contributed by atoms with Crippen molar-refractivity contribution in [2.24, 2.45) is 0 Å². The van der Waals surface area contributed by atoms with Crippen LogP contribution in [0.15, 0.2) is 18.2 Å². The first kappa shape index (κ1) is 13.5. The molecular formula is C15H25BN2. The van der Waals surface area contributed by atoms with Gasteiger partial charge in [-0.1, -0.05) is 17.6 Å². The quantitative estimate of drug-likeness (QED) is 0.581. The standard InChI is InChI=1S/C15H25BN2/c1-14(2)8-11(9-15(3,4)18-14)10-5-6-13(17)12(16)7-10/h5-7,11,18H,8-9,16-17H2,1-4H3. The monoisotopic (exact) mass is 244 g/mol. The van der Waals surface area contributed by atoms with Gasteiger partial charge in [-0.05, 0) is 58.1 Å². The first-order chi connectivity index (χ1) is 8.19. The Bertz CT molecular complexity index is 436. The van der Waals surface area contributed by atoms with Crippen molar-refractivity contribution in [3.8, 4) is 0 Å². The van der Waals surface area contributed by atoms with Crippen LogP contribution in [0.4, 0.5) is 5.69 Å². The van der Waals surface area contributed by atoms with Crippen molar-refractivity contribution in [3.63, 3.8) is 0 Å². The minimum Gasteiger partial charge on any atom is -0.399 e. The van der Waals surface area contributed by atoms with Crippen molar-refractivity contribution >= 4 is 19.0 Å². The number of benzene rings is 1. The predicted octanol–water partition coefficient (Wildman–Crippen LogP) is 1.55. The van der Waals surface area contributed by atoms with Crippen LogP contribution in [0.2, 0.25) is 0 Å². The molecule has 98 valence electrons. The third kappa shape index (κ3) is 2.89. The summed E-state index contributed by atoms with van der Waals surface area (Å²) >= 11 is 0. The van der Waals surface area contributed by atoms with E-state index in [0.29, 0.717) is 5.92 Å². The smallest absolute Gasteiger partial charge is 0.142 e. The second-order valence-corrected chi connectivity index (χ2v) is 7.11. The highest BCUT2D eigenvalue weighted by molar-refractivity contribution is 6.35. The van der Waals surface area contributed by atoms with E-state index >= 15 is 0 Å². The molecule has 0 amide bonds. The van der Waals surface area contributed by atoms with Gasteiger partial charge in [0, 0.05) is 16.8 Å². The van der Waals surface area contributed by atoms with Crippen molar-refractivity contribution in [2.75, 3.05) is 5.73 Å². The van der Waals surface area contributed by atoms with Crippen LogP contribution in [0.5, 0.6) is 0 Å². The Morgan fingerprint density at radius 2 is 1.72 bits per heavy atom. The molecule has 0 aromatic heterocycles. The Morgan fingerprint density at radius 3 is 2.22 bits per heavy atom. The number of hydrogen-bond donors (Lipinski definition) is 2. The van der Waals surface area contributed by atoms with E-state index in [9.17, 15) is 0 Å². The molecule has 0 atom stereocenters. The van der Waals surface area contributed by atoms with Gasteiger partial charge in [-0.25, -0.2) is 0 Å². The normalized spacial score (nSPS) is 22.9. The van der Waals surface area contributed by atoms with Crippen LogP contribution >= 0.6 is 0 Å². The fourth-order valence-electron chi connectivity index (χ4n) is 3.51. The Balaban J connectivity index is 2.29. The molecule has 0 spiro atoms. The number of piperidine rings is 1. The fraction of sp³-hybridized carbons (Fsp3) is 0.600. The lowest BCUT2D eigenvalue weighted by molar-refractivity contribution is 0.162. The van der Waals surface area contributed by atoms with Crippen LogP contribution in [-0.4, -0.2) is 18.9 Å². The maximum atomic E-state index is 5.91. The topological polar surface area (TPSA) is 38.0 Å². The Labute approximate surface area is 112 Å². The lowest BCUT2D eigenvalue weighted by atomic mass is 9.72. The summed E-state index contributed by atoms with van der Waals surface area (Å²) < 4.78 is 0. The van der Waals surface area contributed by atoms with Crippen molar-refractivity contribution in [2.45, 2.75) is 57.5 Å². The van der Waals surface area contributed by atoms with E-state index in [1.165, 1.54) is 23.9 Å². The Kier molecular flexibility index (Phi) is 3.22. The lowest BCUT2D eigenvalue weighted by Crippen LogP contribution is -2.57. The molecule has 0 unspecified atom stereocenters. The van der Waals surface area contributed by atoms with Crippen molar-refractivity contribution in [1.82, 2.24) is 5.32 Å². The molecule has 1 saturated heterocycles. The molecule has 3 N–H and O–H groups in total. The third-order valence-electron chi connectivity index (χ3n) is 3.96. The summed E-state index contributed by atoms with van der Waals surface area (Å²) in [5.74, 6) is 0.621. The van der Waals surface area contributed by atoms with E-state index in [1.54, 1.807) is 0 Å². The average molecular weight is 244 g/mol. The molecule has 0 aliphatic carbocycles. The average Bonchev–Trinajstić information content (AvgIpc) is 2.17. The van der Waals surface area contributed by atoms with Gasteiger partial charge in [-0.3, -0.25) is 0 Å². The highest BCUT2D eigenvalue weighted by Crippen LogP contribution is 2.38. The highest BCUT2D eigenvalue weighted by Gasteiger charge is 2.38. The summed E-state index contributed by atoms with van der Waals surface area (Å²) in [7, 11) is 2.09. The van der Waals surface area contributed by atoms with Gasteiger partial charge in [0.05, 0.1) is 0 Å². The second kappa shape index (κ2) is 4.31. The van der Waals surface area contributed by atoms with Gasteiger partial charge in [0.1, 0.15) is 7.85 Å². The van der Waals surface area contributed by atoms with Gasteiger partial charge in [0.2, 0.25) is 0 Å². The lowest BCUT2D eigenvalue weighted by Gasteiger charge is -2.46. The molecule has 0 bridgehead atoms. The minimum absolute atomic E-state index is 0.196. The largest absolute Gasteiger partial charge is 0.399 e. The zero-order valence-electron chi connectivity index (χ0n) is 12.3. The molecule has 2 nitrogen and oxygen atoms in total. The molecule has 1 fully saturated rings. The van der Waals surface area contributed by atoms with Gasteiger partial charge in [0.15, 0.2) is 0 Å². The van der Waals surface area contributed by atoms with E-state index in [-0.39, 0.29) is 11.1 Å². The Morgan fingerprint density at radius 1 is 1.17 bits per heavy atom. The van der Waals surface area contributed by atoms with Crippen LogP contribution in [0.1, 0.15) is 52.0 Å². The molecule has 2 rings (SSSR count). The van der Waals surface area contributed by atoms with Crippen molar-refractivity contribution in [3.05, 3.63) is 23.8 Å². The zero-order chi connectivity index (χ0) is 13.6. The number of nitrogens with one attached hydrogen (secondary N) is 1. The molecule has 1 aliphatic heterocycles. The maximum Gasteiger partial charge on any atom is 0.142 e. The van der Waals surface area contributed by atoms with Crippen LogP contribution in [0.25, 0.3) is 0 Å². The zero-order valence-corrected chi connectivity index (χ0v) is 12.3. The summed E-state index contributed by atoms with van der Waals surface area (Å²) in [6.07, 6.45) is 2.36. The molecule has 18 heavy (non-hydrogen) atoms. The van der Waals surface area contributed by atoms with Gasteiger partial charge in [0.25, 0.3) is 0 Å². The number of nitrogens with two attached hydrogens (primary N) is 1. The van der Waals surface area contributed by atoms with Crippen LogP contribution in [0.3, 0.4) is 0 Å². The highest BCUT2D eigenvalue weighted by atomic mass is 15.0. The van der Waals surface area contributed by atoms with Crippen LogP contribution in [-0.2, 0) is 0 Å². The number of rotatable bonds is 1. The second-order valence-electron chi connectivity index (χ2n) is 7.11. The molecule has 1 aromatic rings. The SMILES string of the molecule is Bc1cc(C2CC(C)(C)NC(C)(C)C2)ccc1N. The first-order valence-electron chi connectivity index (χ1n) is 6.84. The molecular weight excluding hydrogens is 219 g/mol. The first-order valence-corrected chi connectivity index (χ1v) is 6.84. The van der Waals surface area contributed by atoms with E-state index in [0.717, 1.165) is 5.69 Å². The fourth-order valence-corrected chi connectivity index (χ4v) is 3.51. The van der Waals surface area contributed by atoms with Gasteiger partial charge >= 0.3 is 0 Å². The summed E-state index contributed by atoms with van der Waals surface area (Å²) in [5, 5.41) is 3.73. The number of hydrogen-bond acceptors (Lipinski definition) is 2. The summed E-state index contributed by atoms with van der Waals surface area (Å²) in [6.45, 7) is 9.19. The third-order valence-corrected chi connectivity index (χ3v) is 3.96. The summed E-state index contributed by atoms with van der Waals surface area (Å²) in [5.41, 5.74) is 9.83. The molecule has 3 heteroatoms. The van der Waals surface area contributed by atoms with Crippen molar-refractivity contribution < 1.29 is 0 Å². The maximum absolute atomic E-state index is 5.91.